The van der Waals surface area contributed by atoms with E-state index >= 15 is 0 Å². The molecule has 5 heteroatoms. The average molecular weight is 302 g/mol. The molecular weight excluding hydrogens is 286 g/mol. The highest BCUT2D eigenvalue weighted by atomic mass is 35.5. The molecule has 0 saturated carbocycles. The van der Waals surface area contributed by atoms with Crippen molar-refractivity contribution in [2.24, 2.45) is 5.84 Å². The van der Waals surface area contributed by atoms with E-state index in [0.29, 0.717) is 10.6 Å². The zero-order valence-electron chi connectivity index (χ0n) is 11.6. The number of hydrogen-bond donors (Lipinski definition) is 2. The number of ketones is 1. The maximum atomic E-state index is 11.2. The second-order valence-electron chi connectivity index (χ2n) is 4.20. The lowest BCUT2D eigenvalue weighted by Crippen LogP contribution is -2.07. The van der Waals surface area contributed by atoms with Crippen LogP contribution >= 0.6 is 11.6 Å². The largest absolute Gasteiger partial charge is 0.324 e. The van der Waals surface area contributed by atoms with Crippen LogP contribution in [0.2, 0.25) is 5.02 Å². The zero-order valence-corrected chi connectivity index (χ0v) is 12.4. The van der Waals surface area contributed by atoms with Gasteiger partial charge in [-0.25, -0.2) is 0 Å². The monoisotopic (exact) mass is 301 g/mol. The third kappa shape index (κ3) is 5.27. The van der Waals surface area contributed by atoms with Crippen molar-refractivity contribution in [2.45, 2.75) is 13.3 Å². The molecule has 0 aliphatic rings. The summed E-state index contributed by atoms with van der Waals surface area (Å²) in [5.74, 6) is 4.97. The lowest BCUT2D eigenvalue weighted by molar-refractivity contribution is 0.0998. The smallest absolute Gasteiger partial charge is 0.178 e. The van der Waals surface area contributed by atoms with Crippen molar-refractivity contribution in [3.63, 3.8) is 0 Å². The van der Waals surface area contributed by atoms with Gasteiger partial charge < -0.3 is 5.43 Å². The zero-order chi connectivity index (χ0) is 15.7. The van der Waals surface area contributed by atoms with Crippen LogP contribution in [0.25, 0.3) is 0 Å². The van der Waals surface area contributed by atoms with Gasteiger partial charge in [0.25, 0.3) is 0 Å². The van der Waals surface area contributed by atoms with E-state index in [-0.39, 0.29) is 12.2 Å². The molecule has 0 heterocycles. The normalized spacial score (nSPS) is 9.05. The Kier molecular flexibility index (Phi) is 6.96. The first kappa shape index (κ1) is 16.7. The number of benzene rings is 2. The number of para-hydroxylation sites is 1. The molecule has 3 N–H and O–H groups in total. The molecule has 0 spiro atoms. The predicted octanol–water partition coefficient (Wildman–Crippen LogP) is 3.72. The van der Waals surface area contributed by atoms with Crippen LogP contribution in [0.4, 0.5) is 5.69 Å². The summed E-state index contributed by atoms with van der Waals surface area (Å²) >= 11 is 5.72. The van der Waals surface area contributed by atoms with Gasteiger partial charge >= 0.3 is 0 Å². The Labute approximate surface area is 129 Å². The second kappa shape index (κ2) is 8.75. The number of Topliss-reactive ketones (excluding diaryl/α,β-unsaturated/α-hetero) is 1. The second-order valence-corrected chi connectivity index (χ2v) is 4.60. The first-order valence-corrected chi connectivity index (χ1v) is 6.65. The number of carbonyl (C=O) groups is 1. The van der Waals surface area contributed by atoms with Gasteiger partial charge in [-0.3, -0.25) is 10.6 Å². The summed E-state index contributed by atoms with van der Waals surface area (Å²) in [5.41, 5.74) is 5.16. The fourth-order valence-corrected chi connectivity index (χ4v) is 1.83. The predicted molar refractivity (Wildman–Crippen MR) is 85.0 cm³/mol. The van der Waals surface area contributed by atoms with Gasteiger partial charge in [0.2, 0.25) is 0 Å². The number of nitrogen functional groups attached to an aromatic ring is 1. The summed E-state index contributed by atoms with van der Waals surface area (Å²) in [6.07, 6.45) is -0.121. The Hall–Kier alpha value is -2.35. The van der Waals surface area contributed by atoms with Gasteiger partial charge in [-0.15, -0.1) is 0 Å². The van der Waals surface area contributed by atoms with E-state index in [1.165, 1.54) is 5.56 Å². The average Bonchev–Trinajstić information content (AvgIpc) is 2.49. The van der Waals surface area contributed by atoms with Crippen molar-refractivity contribution in [3.8, 4) is 6.07 Å². The maximum Gasteiger partial charge on any atom is 0.178 e. The number of carbonyl (C=O) groups excluding carboxylic acids is 1. The van der Waals surface area contributed by atoms with E-state index in [9.17, 15) is 4.79 Å². The number of aryl methyl sites for hydroxylation is 1. The first-order chi connectivity index (χ1) is 10.1. The van der Waals surface area contributed by atoms with Crippen LogP contribution in [0.15, 0.2) is 48.5 Å². The number of hydrogen-bond acceptors (Lipinski definition) is 4. The van der Waals surface area contributed by atoms with Crippen LogP contribution in [0.5, 0.6) is 0 Å². The molecule has 0 aliphatic carbocycles. The van der Waals surface area contributed by atoms with Crippen molar-refractivity contribution in [2.75, 3.05) is 5.43 Å². The first-order valence-electron chi connectivity index (χ1n) is 6.27. The third-order valence-corrected chi connectivity index (χ3v) is 3.04. The fourth-order valence-electron chi connectivity index (χ4n) is 1.59. The Morgan fingerprint density at radius 3 is 2.38 bits per heavy atom. The van der Waals surface area contributed by atoms with Crippen molar-refractivity contribution in [1.29, 1.82) is 5.26 Å². The molecule has 108 valence electrons. The summed E-state index contributed by atoms with van der Waals surface area (Å²) in [6.45, 7) is 2.01. The topological polar surface area (TPSA) is 78.9 Å². The van der Waals surface area contributed by atoms with E-state index in [1.54, 1.807) is 30.3 Å². The van der Waals surface area contributed by atoms with Gasteiger partial charge in [0.05, 0.1) is 23.2 Å². The van der Waals surface area contributed by atoms with Gasteiger partial charge in [-0.2, -0.15) is 5.26 Å². The van der Waals surface area contributed by atoms with E-state index < -0.39 is 0 Å². The van der Waals surface area contributed by atoms with Gasteiger partial charge in [0.15, 0.2) is 5.78 Å². The van der Waals surface area contributed by atoms with E-state index in [4.69, 9.17) is 22.7 Å². The van der Waals surface area contributed by atoms with Gasteiger partial charge in [-0.1, -0.05) is 41.9 Å². The number of rotatable bonds is 3. The van der Waals surface area contributed by atoms with Crippen LogP contribution in [-0.4, -0.2) is 5.78 Å². The molecule has 0 atom stereocenters. The Morgan fingerprint density at radius 1 is 1.24 bits per heavy atom. The number of nitrogens with two attached hydrogens (primary N) is 1. The molecule has 0 aliphatic heterocycles. The van der Waals surface area contributed by atoms with Gasteiger partial charge in [-0.05, 0) is 30.7 Å². The van der Waals surface area contributed by atoms with E-state index in [1.807, 2.05) is 31.2 Å². The standard InChI is InChI=1S/C9H6ClNO.C7H10N2/c10-8-4-2-1-3-7(8)9(12)5-6-11;1-6-4-2-3-5-7(6)9-8/h1-4H,5H2;2-5,9H,8H2,1H3. The van der Waals surface area contributed by atoms with E-state index in [2.05, 4.69) is 5.43 Å². The lowest BCUT2D eigenvalue weighted by atomic mass is 10.1. The highest BCUT2D eigenvalue weighted by Crippen LogP contribution is 2.16. The quantitative estimate of drug-likeness (QED) is 0.514. The number of anilines is 1. The number of hydrazine groups is 1. The molecular formula is C16H16ClN3O. The van der Waals surface area contributed by atoms with Crippen molar-refractivity contribution >= 4 is 23.1 Å². The summed E-state index contributed by atoms with van der Waals surface area (Å²) < 4.78 is 0. The summed E-state index contributed by atoms with van der Waals surface area (Å²) in [5, 5.41) is 8.68. The molecule has 0 amide bonds. The molecule has 0 radical (unpaired) electrons. The number of halogens is 1. The molecule has 0 saturated heterocycles. The van der Waals surface area contributed by atoms with Gasteiger partial charge in [0.1, 0.15) is 0 Å². The van der Waals surface area contributed by atoms with Crippen molar-refractivity contribution in [1.82, 2.24) is 0 Å². The molecule has 0 bridgehead atoms. The highest BCUT2D eigenvalue weighted by Gasteiger charge is 2.07. The number of nitriles is 1. The minimum atomic E-state index is -0.233. The molecule has 21 heavy (non-hydrogen) atoms. The van der Waals surface area contributed by atoms with Gasteiger partial charge in [0, 0.05) is 5.56 Å². The number of nitrogens with one attached hydrogen (secondary N) is 1. The lowest BCUT2D eigenvalue weighted by Gasteiger charge is -2.01. The van der Waals surface area contributed by atoms with Crippen LogP contribution in [0, 0.1) is 18.3 Å². The van der Waals surface area contributed by atoms with Crippen LogP contribution in [-0.2, 0) is 0 Å². The third-order valence-electron chi connectivity index (χ3n) is 2.71. The molecule has 0 aromatic heterocycles. The summed E-state index contributed by atoms with van der Waals surface area (Å²) in [7, 11) is 0. The highest BCUT2D eigenvalue weighted by molar-refractivity contribution is 6.34. The van der Waals surface area contributed by atoms with Crippen molar-refractivity contribution < 1.29 is 4.79 Å². The Bertz CT molecular complexity index is 650. The molecule has 4 nitrogen and oxygen atoms in total. The van der Waals surface area contributed by atoms with Crippen LogP contribution in [0.3, 0.4) is 0 Å². The summed E-state index contributed by atoms with van der Waals surface area (Å²) in [6, 6.07) is 16.4. The van der Waals surface area contributed by atoms with Crippen LogP contribution < -0.4 is 11.3 Å². The SMILES string of the molecule is Cc1ccccc1NN.N#CCC(=O)c1ccccc1Cl. The maximum absolute atomic E-state index is 11.2. The number of nitrogens with zero attached hydrogens (tertiary/aromatic N) is 1. The summed E-state index contributed by atoms with van der Waals surface area (Å²) in [4.78, 5) is 11.2. The fraction of sp³-hybridized carbons (Fsp3) is 0.125. The van der Waals surface area contributed by atoms with Crippen LogP contribution in [0.1, 0.15) is 22.3 Å². The Morgan fingerprint density at radius 2 is 1.86 bits per heavy atom. The molecule has 0 unspecified atom stereocenters. The minimum absolute atomic E-state index is 0.121. The molecule has 2 aromatic rings. The molecule has 2 aromatic carbocycles. The molecule has 2 rings (SSSR count). The minimum Gasteiger partial charge on any atom is -0.324 e. The van der Waals surface area contributed by atoms with E-state index in [0.717, 1.165) is 5.69 Å². The Balaban J connectivity index is 0.000000219. The molecule has 0 fully saturated rings. The van der Waals surface area contributed by atoms with Crippen molar-refractivity contribution in [3.05, 3.63) is 64.7 Å².